The van der Waals surface area contributed by atoms with Crippen LogP contribution < -0.4 is 0 Å². The molecule has 4 nitrogen and oxygen atoms in total. The summed E-state index contributed by atoms with van der Waals surface area (Å²) in [6.45, 7) is -5.00. The van der Waals surface area contributed by atoms with E-state index in [-0.39, 0.29) is 28.2 Å². The van der Waals surface area contributed by atoms with E-state index in [1.807, 2.05) is 78.9 Å². The molecule has 0 fully saturated rings. The van der Waals surface area contributed by atoms with Gasteiger partial charge in [-0.3, -0.25) is 0 Å². The Labute approximate surface area is 348 Å². The highest BCUT2D eigenvalue weighted by atomic mass is 19.4. The number of nitrogens with zero attached hydrogens (tertiary/aromatic N) is 2. The van der Waals surface area contributed by atoms with E-state index in [1.54, 1.807) is 60.7 Å². The van der Waals surface area contributed by atoms with Crippen molar-refractivity contribution in [2.24, 2.45) is 4.99 Å². The molecule has 62 heavy (non-hydrogen) atoms. The van der Waals surface area contributed by atoms with Gasteiger partial charge >= 0.3 is 31.5 Å². The summed E-state index contributed by atoms with van der Waals surface area (Å²) >= 11 is 0. The van der Waals surface area contributed by atoms with Gasteiger partial charge in [-0.15, -0.1) is 0 Å². The minimum atomic E-state index is -6.18. The molecular weight excluding hydrogens is 825 g/mol. The number of benzene rings is 6. The van der Waals surface area contributed by atoms with Crippen molar-refractivity contribution in [1.82, 2.24) is 4.48 Å². The van der Waals surface area contributed by atoms with Crippen molar-refractivity contribution >= 4 is 46.2 Å². The highest BCUT2D eigenvalue weighted by Gasteiger charge is 2.60. The standard InChI is InChI=1S/C47H31BF10N2O2/c49-44(50,46(53,54)55)28-61-48(62-29-45(51,52)47(56,57)58)60-42(33-17-5-2-6-18-33)26-39(37-24-12-20-31-14-8-10-22-35(31)37)43(60)27-41-38(25-40(59-41)32-15-3-1-4-16-32)36-23-11-19-30-13-7-9-21-34(30)36/h1-27H,28-29H2/b41-27-. The Balaban J connectivity index is 1.45. The lowest BCUT2D eigenvalue weighted by atomic mass is 9.94. The Morgan fingerprint density at radius 2 is 0.984 bits per heavy atom. The number of fused-ring (bicyclic) bond motifs is 2. The van der Waals surface area contributed by atoms with Crippen molar-refractivity contribution in [3.63, 3.8) is 0 Å². The Morgan fingerprint density at radius 3 is 1.53 bits per heavy atom. The summed E-state index contributed by atoms with van der Waals surface area (Å²) in [6.07, 6.45) is -9.09. The molecule has 1 aliphatic rings. The second-order valence-corrected chi connectivity index (χ2v) is 14.4. The predicted octanol–water partition coefficient (Wildman–Crippen LogP) is 13.3. The number of aliphatic imine (C=N–C) groups is 1. The first-order valence-electron chi connectivity index (χ1n) is 19.0. The molecule has 0 aliphatic carbocycles. The lowest BCUT2D eigenvalue weighted by Gasteiger charge is -2.26. The molecule has 15 heteroatoms. The summed E-state index contributed by atoms with van der Waals surface area (Å²) in [4.78, 5) is 4.99. The molecule has 7 aromatic rings. The van der Waals surface area contributed by atoms with Crippen LogP contribution in [0.1, 0.15) is 16.8 Å². The Kier molecular flexibility index (Phi) is 11.2. The van der Waals surface area contributed by atoms with Crippen molar-refractivity contribution in [3.05, 3.63) is 180 Å². The average molecular weight is 857 g/mol. The molecule has 0 amide bonds. The molecule has 2 heterocycles. The molecule has 0 bridgehead atoms. The van der Waals surface area contributed by atoms with Gasteiger partial charge in [-0.05, 0) is 56.5 Å². The number of alkyl halides is 10. The van der Waals surface area contributed by atoms with Crippen LogP contribution in [0.3, 0.4) is 0 Å². The van der Waals surface area contributed by atoms with Gasteiger partial charge < -0.3 is 13.8 Å². The van der Waals surface area contributed by atoms with E-state index in [1.165, 1.54) is 24.3 Å². The average Bonchev–Trinajstić information content (AvgIpc) is 3.85. The minimum Gasteiger partial charge on any atom is -0.385 e. The monoisotopic (exact) mass is 856 g/mol. The number of aromatic nitrogens is 1. The van der Waals surface area contributed by atoms with Gasteiger partial charge in [0.15, 0.2) is 0 Å². The summed E-state index contributed by atoms with van der Waals surface area (Å²) in [5.74, 6) is -11.2. The second-order valence-electron chi connectivity index (χ2n) is 14.4. The van der Waals surface area contributed by atoms with Crippen LogP contribution in [0.5, 0.6) is 0 Å². The van der Waals surface area contributed by atoms with Crippen LogP contribution >= 0.6 is 0 Å². The van der Waals surface area contributed by atoms with Crippen molar-refractivity contribution in [2.75, 3.05) is 13.2 Å². The molecular formula is C47H31BF10N2O2. The van der Waals surface area contributed by atoms with Crippen LogP contribution in [0.4, 0.5) is 43.9 Å². The van der Waals surface area contributed by atoms with Crippen LogP contribution in [0.2, 0.25) is 0 Å². The van der Waals surface area contributed by atoms with Gasteiger partial charge in [0.2, 0.25) is 0 Å². The lowest BCUT2D eigenvalue weighted by molar-refractivity contribution is -0.295. The maximum Gasteiger partial charge on any atom is 0.598 e. The summed E-state index contributed by atoms with van der Waals surface area (Å²) in [7, 11) is -2.73. The van der Waals surface area contributed by atoms with Crippen molar-refractivity contribution in [2.45, 2.75) is 24.2 Å². The molecule has 0 atom stereocenters. The molecule has 314 valence electrons. The molecule has 0 saturated carbocycles. The van der Waals surface area contributed by atoms with E-state index in [0.29, 0.717) is 33.4 Å². The maximum atomic E-state index is 14.7. The number of hydrogen-bond donors (Lipinski definition) is 0. The topological polar surface area (TPSA) is 35.8 Å². The quantitative estimate of drug-likeness (QED) is 0.0907. The summed E-state index contributed by atoms with van der Waals surface area (Å²) in [5, 5.41) is 3.04. The summed E-state index contributed by atoms with van der Waals surface area (Å²) in [5.41, 5.74) is 3.48. The zero-order valence-corrected chi connectivity index (χ0v) is 32.1. The number of rotatable bonds is 12. The van der Waals surface area contributed by atoms with Gasteiger partial charge in [0, 0.05) is 28.1 Å². The summed E-state index contributed by atoms with van der Waals surface area (Å²) < 4.78 is 151. The van der Waals surface area contributed by atoms with Gasteiger partial charge in [0.25, 0.3) is 0 Å². The first kappa shape index (κ1) is 42.3. The fourth-order valence-electron chi connectivity index (χ4n) is 7.24. The third kappa shape index (κ3) is 8.29. The van der Waals surface area contributed by atoms with Crippen molar-refractivity contribution < 1.29 is 53.2 Å². The fraction of sp³-hybridized carbons (Fsp3) is 0.128. The minimum absolute atomic E-state index is 0.0445. The van der Waals surface area contributed by atoms with Crippen molar-refractivity contribution in [1.29, 1.82) is 0 Å². The normalized spacial score (nSPS) is 14.5. The second kappa shape index (κ2) is 16.4. The molecule has 0 unspecified atom stereocenters. The third-order valence-electron chi connectivity index (χ3n) is 10.3. The molecule has 8 rings (SSSR count). The van der Waals surface area contributed by atoms with Gasteiger partial charge in [-0.1, -0.05) is 146 Å². The molecule has 6 aromatic carbocycles. The molecule has 0 N–H and O–H groups in total. The van der Waals surface area contributed by atoms with Gasteiger partial charge in [-0.25, -0.2) is 4.99 Å². The highest BCUT2D eigenvalue weighted by molar-refractivity contribution is 6.44. The first-order chi connectivity index (χ1) is 29.5. The van der Waals surface area contributed by atoms with E-state index in [4.69, 9.17) is 14.3 Å². The zero-order valence-electron chi connectivity index (χ0n) is 32.1. The molecule has 0 spiro atoms. The Hall–Kier alpha value is -6.45. The van der Waals surface area contributed by atoms with E-state index in [0.717, 1.165) is 20.6 Å². The van der Waals surface area contributed by atoms with E-state index in [9.17, 15) is 43.9 Å². The summed E-state index contributed by atoms with van der Waals surface area (Å²) in [6, 6.07) is 43.8. The SMILES string of the molecule is FC(F)(F)C(F)(F)COB(OCC(F)(F)C(F)(F)F)n1c(-c2ccccc2)cc(-c2cccc3ccccc23)c1/C=C1\N=C(c2ccccc2)C=C1c1cccc2ccccc12. The van der Waals surface area contributed by atoms with Crippen LogP contribution in [-0.4, -0.2) is 54.9 Å². The van der Waals surface area contributed by atoms with Gasteiger partial charge in [-0.2, -0.15) is 43.9 Å². The predicted molar refractivity (Wildman–Crippen MR) is 221 cm³/mol. The Bertz CT molecular complexity index is 2810. The molecule has 0 saturated heterocycles. The number of halogens is 10. The van der Waals surface area contributed by atoms with Crippen LogP contribution in [0.15, 0.2) is 168 Å². The maximum absolute atomic E-state index is 14.7. The molecule has 1 aliphatic heterocycles. The van der Waals surface area contributed by atoms with Gasteiger partial charge in [0.1, 0.15) is 13.2 Å². The van der Waals surface area contributed by atoms with E-state index >= 15 is 0 Å². The smallest absolute Gasteiger partial charge is 0.385 e. The first-order valence-corrected chi connectivity index (χ1v) is 19.0. The molecule has 0 radical (unpaired) electrons. The highest BCUT2D eigenvalue weighted by Crippen LogP contribution is 2.43. The van der Waals surface area contributed by atoms with Gasteiger partial charge in [0.05, 0.1) is 11.4 Å². The van der Waals surface area contributed by atoms with Crippen LogP contribution in [0, 0.1) is 0 Å². The van der Waals surface area contributed by atoms with Crippen LogP contribution in [-0.2, 0) is 9.31 Å². The van der Waals surface area contributed by atoms with Crippen molar-refractivity contribution in [3.8, 4) is 22.4 Å². The number of hydrogen-bond acceptors (Lipinski definition) is 3. The van der Waals surface area contributed by atoms with E-state index in [2.05, 4.69) is 0 Å². The number of allylic oxidation sites excluding steroid dienone is 2. The fourth-order valence-corrected chi connectivity index (χ4v) is 7.24. The van der Waals surface area contributed by atoms with Crippen LogP contribution in [0.25, 0.3) is 55.6 Å². The Morgan fingerprint density at radius 1 is 0.516 bits per heavy atom. The third-order valence-corrected chi connectivity index (χ3v) is 10.3. The molecule has 1 aromatic heterocycles. The zero-order chi connectivity index (χ0) is 43.9. The lowest BCUT2D eigenvalue weighted by Crippen LogP contribution is -2.48. The van der Waals surface area contributed by atoms with E-state index < -0.39 is 44.7 Å². The largest absolute Gasteiger partial charge is 0.598 e.